The number of aryl methyl sites for hydroxylation is 2. The molecule has 0 saturated heterocycles. The average Bonchev–Trinajstić information content (AvgIpc) is 3.03. The minimum absolute atomic E-state index is 0.0986. The summed E-state index contributed by atoms with van der Waals surface area (Å²) in [5, 5.41) is 3.25. The van der Waals surface area contributed by atoms with Crippen molar-refractivity contribution in [3.63, 3.8) is 0 Å². The van der Waals surface area contributed by atoms with E-state index in [1.54, 1.807) is 0 Å². The molecule has 2 fully saturated rings. The highest BCUT2D eigenvalue weighted by Gasteiger charge is 2.42. The zero-order chi connectivity index (χ0) is 14.3. The van der Waals surface area contributed by atoms with Crippen LogP contribution >= 0.6 is 0 Å². The monoisotopic (exact) mass is 271 g/mol. The van der Waals surface area contributed by atoms with Gasteiger partial charge in [-0.15, -0.1) is 0 Å². The largest absolute Gasteiger partial charge is 0.349 e. The molecule has 1 aromatic carbocycles. The Labute approximate surface area is 122 Å². The number of carbonyl (C=O) groups excluding carboxylic acids is 1. The molecule has 4 atom stereocenters. The average molecular weight is 271 g/mol. The quantitative estimate of drug-likeness (QED) is 0.888. The number of carbonyl (C=O) groups is 1. The van der Waals surface area contributed by atoms with E-state index < -0.39 is 0 Å². The van der Waals surface area contributed by atoms with Gasteiger partial charge in [0.15, 0.2) is 0 Å². The molecule has 1 N–H and O–H groups in total. The van der Waals surface area contributed by atoms with Crippen molar-refractivity contribution in [1.29, 1.82) is 0 Å². The highest BCUT2D eigenvalue weighted by molar-refractivity contribution is 5.96. The van der Waals surface area contributed by atoms with Crippen LogP contribution in [0.5, 0.6) is 0 Å². The topological polar surface area (TPSA) is 29.1 Å². The van der Waals surface area contributed by atoms with Gasteiger partial charge in [-0.25, -0.2) is 0 Å². The van der Waals surface area contributed by atoms with Crippen molar-refractivity contribution < 1.29 is 4.79 Å². The van der Waals surface area contributed by atoms with Crippen molar-refractivity contribution in [3.8, 4) is 0 Å². The Hall–Kier alpha value is -1.31. The molecular formula is C18H25NO. The summed E-state index contributed by atoms with van der Waals surface area (Å²) in [5.74, 6) is 2.59. The van der Waals surface area contributed by atoms with Gasteiger partial charge in [0.2, 0.25) is 0 Å². The molecule has 20 heavy (non-hydrogen) atoms. The predicted molar refractivity (Wildman–Crippen MR) is 81.8 cm³/mol. The lowest BCUT2D eigenvalue weighted by molar-refractivity contribution is 0.0914. The zero-order valence-corrected chi connectivity index (χ0v) is 12.8. The van der Waals surface area contributed by atoms with Crippen LogP contribution in [0.1, 0.15) is 54.1 Å². The van der Waals surface area contributed by atoms with Crippen LogP contribution in [0, 0.1) is 31.6 Å². The molecule has 0 aromatic heterocycles. The van der Waals surface area contributed by atoms with E-state index in [-0.39, 0.29) is 5.91 Å². The van der Waals surface area contributed by atoms with Crippen LogP contribution in [0.2, 0.25) is 0 Å². The van der Waals surface area contributed by atoms with Crippen LogP contribution in [0.25, 0.3) is 0 Å². The highest BCUT2D eigenvalue weighted by Crippen LogP contribution is 2.49. The number of rotatable bonds is 3. The van der Waals surface area contributed by atoms with Crippen molar-refractivity contribution in [2.75, 3.05) is 0 Å². The third-order valence-electron chi connectivity index (χ3n) is 5.43. The molecule has 2 aliphatic rings. The van der Waals surface area contributed by atoms with Crippen molar-refractivity contribution in [2.24, 2.45) is 17.8 Å². The molecule has 2 bridgehead atoms. The van der Waals surface area contributed by atoms with Gasteiger partial charge in [-0.05, 0) is 69.4 Å². The molecular weight excluding hydrogens is 246 g/mol. The molecule has 108 valence electrons. The van der Waals surface area contributed by atoms with Crippen molar-refractivity contribution >= 4 is 5.91 Å². The first-order valence-electron chi connectivity index (χ1n) is 7.92. The van der Waals surface area contributed by atoms with E-state index in [0.29, 0.717) is 12.0 Å². The molecule has 0 radical (unpaired) electrons. The lowest BCUT2D eigenvalue weighted by Crippen LogP contribution is -2.40. The first-order valence-corrected chi connectivity index (χ1v) is 7.92. The summed E-state index contributed by atoms with van der Waals surface area (Å²) >= 11 is 0. The normalized spacial score (nSPS) is 29.4. The molecule has 0 aliphatic heterocycles. The molecule has 2 heteroatoms. The standard InChI is InChI=1S/C18H25NO/c1-11-4-5-12(2)16(8-11)18(20)19-13(3)17-10-14-6-7-15(17)9-14/h4-5,8,13-15,17H,6-7,9-10H2,1-3H3,(H,19,20)/t13-,14+,15+,17+/m1/s1. The number of amides is 1. The minimum atomic E-state index is 0.0986. The van der Waals surface area contributed by atoms with Gasteiger partial charge in [0.25, 0.3) is 5.91 Å². The Kier molecular flexibility index (Phi) is 3.57. The number of benzene rings is 1. The van der Waals surface area contributed by atoms with Crippen LogP contribution in [0.3, 0.4) is 0 Å². The van der Waals surface area contributed by atoms with E-state index >= 15 is 0 Å². The summed E-state index contributed by atoms with van der Waals surface area (Å²) in [7, 11) is 0. The van der Waals surface area contributed by atoms with Crippen LogP contribution in [0.4, 0.5) is 0 Å². The number of fused-ring (bicyclic) bond motifs is 2. The fourth-order valence-corrected chi connectivity index (χ4v) is 4.28. The molecule has 2 aliphatic carbocycles. The molecule has 0 heterocycles. The Bertz CT molecular complexity index is 522. The second kappa shape index (κ2) is 5.23. The van der Waals surface area contributed by atoms with E-state index in [0.717, 1.165) is 28.5 Å². The fourth-order valence-electron chi connectivity index (χ4n) is 4.28. The molecule has 3 rings (SSSR count). The van der Waals surface area contributed by atoms with Gasteiger partial charge < -0.3 is 5.32 Å². The Morgan fingerprint density at radius 1 is 1.25 bits per heavy atom. The van der Waals surface area contributed by atoms with Gasteiger partial charge in [-0.2, -0.15) is 0 Å². The van der Waals surface area contributed by atoms with Gasteiger partial charge in [-0.1, -0.05) is 24.1 Å². The third-order valence-corrected chi connectivity index (χ3v) is 5.43. The summed E-state index contributed by atoms with van der Waals surface area (Å²) in [6.07, 6.45) is 5.51. The lowest BCUT2D eigenvalue weighted by atomic mass is 9.84. The van der Waals surface area contributed by atoms with Crippen molar-refractivity contribution in [2.45, 2.75) is 52.5 Å². The third kappa shape index (κ3) is 2.48. The van der Waals surface area contributed by atoms with Gasteiger partial charge >= 0.3 is 0 Å². The number of hydrogen-bond donors (Lipinski definition) is 1. The Morgan fingerprint density at radius 2 is 2.05 bits per heavy atom. The maximum absolute atomic E-state index is 12.5. The van der Waals surface area contributed by atoms with E-state index in [4.69, 9.17) is 0 Å². The predicted octanol–water partition coefficient (Wildman–Crippen LogP) is 3.86. The second-order valence-electron chi connectivity index (χ2n) is 6.92. The van der Waals surface area contributed by atoms with Crippen LogP contribution < -0.4 is 5.32 Å². The number of nitrogens with one attached hydrogen (secondary N) is 1. The van der Waals surface area contributed by atoms with Gasteiger partial charge in [-0.3, -0.25) is 4.79 Å². The van der Waals surface area contributed by atoms with Crippen LogP contribution in [-0.4, -0.2) is 11.9 Å². The first kappa shape index (κ1) is 13.7. The summed E-state index contributed by atoms with van der Waals surface area (Å²) in [5.41, 5.74) is 3.04. The molecule has 0 spiro atoms. The lowest BCUT2D eigenvalue weighted by Gasteiger charge is -2.28. The summed E-state index contributed by atoms with van der Waals surface area (Å²) in [4.78, 5) is 12.5. The first-order chi connectivity index (χ1) is 9.54. The molecule has 0 unspecified atom stereocenters. The smallest absolute Gasteiger partial charge is 0.251 e. The molecule has 2 nitrogen and oxygen atoms in total. The highest BCUT2D eigenvalue weighted by atomic mass is 16.1. The Balaban J connectivity index is 1.68. The van der Waals surface area contributed by atoms with E-state index in [9.17, 15) is 4.79 Å². The molecule has 2 saturated carbocycles. The van der Waals surface area contributed by atoms with Gasteiger partial charge in [0.1, 0.15) is 0 Å². The van der Waals surface area contributed by atoms with E-state index in [2.05, 4.69) is 18.3 Å². The van der Waals surface area contributed by atoms with Crippen LogP contribution in [0.15, 0.2) is 18.2 Å². The minimum Gasteiger partial charge on any atom is -0.349 e. The van der Waals surface area contributed by atoms with Crippen molar-refractivity contribution in [1.82, 2.24) is 5.32 Å². The molecule has 1 amide bonds. The molecule has 1 aromatic rings. The summed E-state index contributed by atoms with van der Waals surface area (Å²) in [6, 6.07) is 6.40. The van der Waals surface area contributed by atoms with E-state index in [1.807, 2.05) is 26.0 Å². The number of hydrogen-bond acceptors (Lipinski definition) is 1. The zero-order valence-electron chi connectivity index (χ0n) is 12.8. The maximum atomic E-state index is 12.5. The summed E-state index contributed by atoms with van der Waals surface area (Å²) in [6.45, 7) is 6.24. The Morgan fingerprint density at radius 3 is 2.70 bits per heavy atom. The van der Waals surface area contributed by atoms with Gasteiger partial charge in [0.05, 0.1) is 0 Å². The van der Waals surface area contributed by atoms with Crippen molar-refractivity contribution in [3.05, 3.63) is 34.9 Å². The SMILES string of the molecule is Cc1ccc(C)c(C(=O)N[C@H](C)[C@@H]2C[C@H]3CC[C@H]2C3)c1. The van der Waals surface area contributed by atoms with E-state index in [1.165, 1.54) is 25.7 Å². The summed E-state index contributed by atoms with van der Waals surface area (Å²) < 4.78 is 0. The van der Waals surface area contributed by atoms with Gasteiger partial charge in [0, 0.05) is 11.6 Å². The van der Waals surface area contributed by atoms with Crippen LogP contribution in [-0.2, 0) is 0 Å². The maximum Gasteiger partial charge on any atom is 0.251 e. The fraction of sp³-hybridized carbons (Fsp3) is 0.611. The second-order valence-corrected chi connectivity index (χ2v) is 6.92.